The normalized spacial score (nSPS) is 10.4. The number of carbonyl (C=O) groups is 3. The van der Waals surface area contributed by atoms with E-state index in [1.54, 1.807) is 56.3 Å². The van der Waals surface area contributed by atoms with E-state index in [9.17, 15) is 14.4 Å². The second kappa shape index (κ2) is 9.16. The van der Waals surface area contributed by atoms with Gasteiger partial charge in [-0.05, 0) is 37.3 Å². The van der Waals surface area contributed by atoms with Gasteiger partial charge in [0.25, 0.3) is 0 Å². The number of esters is 1. The fourth-order valence-electron chi connectivity index (χ4n) is 2.53. The molecule has 0 saturated carbocycles. The lowest BCUT2D eigenvalue weighted by atomic mass is 10.2. The van der Waals surface area contributed by atoms with Crippen molar-refractivity contribution in [3.63, 3.8) is 0 Å². The van der Waals surface area contributed by atoms with Gasteiger partial charge in [0, 0.05) is 12.1 Å². The standard InChI is InChI=1S/C20H20N4O4S/c1-3-17(25)24-20-23-15-10-9-12(11-16(15)29-20)21-19(27)22-14-8-6-5-7-13(14)18(26)28-4-2/h5-11H,3-4H2,1-2H3,(H2,21,22,27)(H,23,24,25). The average molecular weight is 412 g/mol. The number of anilines is 3. The van der Waals surface area contributed by atoms with Crippen LogP contribution in [0, 0.1) is 0 Å². The van der Waals surface area contributed by atoms with Gasteiger partial charge in [0.1, 0.15) is 0 Å². The zero-order valence-corrected chi connectivity index (χ0v) is 16.8. The molecular formula is C20H20N4O4S. The van der Waals surface area contributed by atoms with Gasteiger partial charge >= 0.3 is 12.0 Å². The summed E-state index contributed by atoms with van der Waals surface area (Å²) in [5.41, 5.74) is 1.91. The molecule has 1 aromatic heterocycles. The highest BCUT2D eigenvalue weighted by molar-refractivity contribution is 7.22. The van der Waals surface area contributed by atoms with Gasteiger partial charge in [0.2, 0.25) is 5.91 Å². The van der Waals surface area contributed by atoms with Gasteiger partial charge in [0.15, 0.2) is 5.13 Å². The molecule has 8 nitrogen and oxygen atoms in total. The fourth-order valence-corrected chi connectivity index (χ4v) is 3.45. The highest BCUT2D eigenvalue weighted by atomic mass is 32.1. The Labute approximate surface area is 171 Å². The van der Waals surface area contributed by atoms with Crippen molar-refractivity contribution in [2.24, 2.45) is 0 Å². The topological polar surface area (TPSA) is 109 Å². The lowest BCUT2D eigenvalue weighted by Crippen LogP contribution is -2.21. The summed E-state index contributed by atoms with van der Waals surface area (Å²) in [5.74, 6) is -0.613. The van der Waals surface area contributed by atoms with E-state index in [-0.39, 0.29) is 18.1 Å². The van der Waals surface area contributed by atoms with Crippen LogP contribution in [-0.4, -0.2) is 29.5 Å². The number of fused-ring (bicyclic) bond motifs is 1. The predicted octanol–water partition coefficient (Wildman–Crippen LogP) is 4.47. The SMILES string of the molecule is CCOC(=O)c1ccccc1NC(=O)Nc1ccc2nc(NC(=O)CC)sc2c1. The zero-order valence-electron chi connectivity index (χ0n) is 15.9. The first-order valence-corrected chi connectivity index (χ1v) is 9.86. The van der Waals surface area contributed by atoms with Crippen LogP contribution >= 0.6 is 11.3 Å². The van der Waals surface area contributed by atoms with Gasteiger partial charge in [0.05, 0.1) is 28.1 Å². The van der Waals surface area contributed by atoms with Crippen LogP contribution in [-0.2, 0) is 9.53 Å². The van der Waals surface area contributed by atoms with Crippen LogP contribution in [0.25, 0.3) is 10.2 Å². The minimum Gasteiger partial charge on any atom is -0.462 e. The van der Waals surface area contributed by atoms with Gasteiger partial charge in [-0.3, -0.25) is 4.79 Å². The second-order valence-corrected chi connectivity index (χ2v) is 6.98. The van der Waals surface area contributed by atoms with Gasteiger partial charge in [-0.1, -0.05) is 30.4 Å². The number of nitrogens with zero attached hydrogens (tertiary/aromatic N) is 1. The maximum atomic E-state index is 12.4. The van der Waals surface area contributed by atoms with Crippen molar-refractivity contribution in [1.82, 2.24) is 4.98 Å². The summed E-state index contributed by atoms with van der Waals surface area (Å²) in [5, 5.41) is 8.63. The molecule has 3 aromatic rings. The Morgan fingerprint density at radius 1 is 1.03 bits per heavy atom. The second-order valence-electron chi connectivity index (χ2n) is 5.95. The van der Waals surface area contributed by atoms with Gasteiger partial charge in [-0.15, -0.1) is 0 Å². The molecule has 29 heavy (non-hydrogen) atoms. The Hall–Kier alpha value is -3.46. The number of hydrogen-bond acceptors (Lipinski definition) is 6. The quantitative estimate of drug-likeness (QED) is 0.518. The molecule has 150 valence electrons. The molecule has 3 rings (SSSR count). The first-order valence-electron chi connectivity index (χ1n) is 9.04. The van der Waals surface area contributed by atoms with Crippen molar-refractivity contribution < 1.29 is 19.1 Å². The summed E-state index contributed by atoms with van der Waals surface area (Å²) in [6.45, 7) is 3.73. The summed E-state index contributed by atoms with van der Waals surface area (Å²) in [6, 6.07) is 11.4. The third kappa shape index (κ3) is 5.08. The van der Waals surface area contributed by atoms with E-state index in [2.05, 4.69) is 20.9 Å². The number of benzene rings is 2. The molecule has 3 amide bonds. The number of urea groups is 1. The summed E-state index contributed by atoms with van der Waals surface area (Å²) in [4.78, 5) is 40.3. The first-order chi connectivity index (χ1) is 14.0. The van der Waals surface area contributed by atoms with Crippen LogP contribution in [0.1, 0.15) is 30.6 Å². The molecule has 0 unspecified atom stereocenters. The fraction of sp³-hybridized carbons (Fsp3) is 0.200. The molecule has 0 aliphatic heterocycles. The van der Waals surface area contributed by atoms with Crippen LogP contribution in [0.5, 0.6) is 0 Å². The summed E-state index contributed by atoms with van der Waals surface area (Å²) < 4.78 is 5.83. The third-order valence-corrected chi connectivity index (χ3v) is 4.82. The van der Waals surface area contributed by atoms with Crippen LogP contribution in [0.4, 0.5) is 21.3 Å². The molecule has 0 bridgehead atoms. The van der Waals surface area contributed by atoms with Crippen LogP contribution in [0.2, 0.25) is 0 Å². The van der Waals surface area contributed by atoms with E-state index in [1.165, 1.54) is 11.3 Å². The van der Waals surface area contributed by atoms with Gasteiger partial charge in [-0.2, -0.15) is 0 Å². The molecule has 0 saturated heterocycles. The maximum absolute atomic E-state index is 12.4. The molecule has 0 aliphatic carbocycles. The van der Waals surface area contributed by atoms with E-state index < -0.39 is 12.0 Å². The minimum atomic E-state index is -0.504. The summed E-state index contributed by atoms with van der Waals surface area (Å²) in [6.07, 6.45) is 0.371. The van der Waals surface area contributed by atoms with Gasteiger partial charge < -0.3 is 20.7 Å². The molecule has 0 radical (unpaired) electrons. The van der Waals surface area contributed by atoms with Crippen molar-refractivity contribution in [2.45, 2.75) is 20.3 Å². The van der Waals surface area contributed by atoms with E-state index in [0.29, 0.717) is 22.9 Å². The van der Waals surface area contributed by atoms with E-state index in [1.807, 2.05) is 0 Å². The molecule has 3 N–H and O–H groups in total. The van der Waals surface area contributed by atoms with Crippen molar-refractivity contribution in [3.8, 4) is 0 Å². The van der Waals surface area contributed by atoms with Crippen molar-refractivity contribution >= 4 is 56.0 Å². The number of rotatable bonds is 6. The third-order valence-electron chi connectivity index (χ3n) is 3.88. The Balaban J connectivity index is 1.72. The number of amides is 3. The zero-order chi connectivity index (χ0) is 20.8. The first kappa shape index (κ1) is 20.3. The number of aromatic nitrogens is 1. The van der Waals surface area contributed by atoms with Gasteiger partial charge in [-0.25, -0.2) is 14.6 Å². The number of ether oxygens (including phenoxy) is 1. The highest BCUT2D eigenvalue weighted by Gasteiger charge is 2.14. The minimum absolute atomic E-state index is 0.109. The number of carbonyl (C=O) groups excluding carboxylic acids is 3. The monoisotopic (exact) mass is 412 g/mol. The molecule has 9 heteroatoms. The van der Waals surface area contributed by atoms with E-state index in [0.717, 1.165) is 10.2 Å². The van der Waals surface area contributed by atoms with Crippen molar-refractivity contribution in [2.75, 3.05) is 22.6 Å². The number of hydrogen-bond donors (Lipinski definition) is 3. The Kier molecular flexibility index (Phi) is 6.40. The van der Waals surface area contributed by atoms with E-state index in [4.69, 9.17) is 4.74 Å². The lowest BCUT2D eigenvalue weighted by Gasteiger charge is -2.11. The average Bonchev–Trinajstić information content (AvgIpc) is 3.09. The molecular weight excluding hydrogens is 392 g/mol. The molecule has 2 aromatic carbocycles. The Morgan fingerprint density at radius 2 is 1.83 bits per heavy atom. The number of nitrogens with one attached hydrogen (secondary N) is 3. The Bertz CT molecular complexity index is 1060. The van der Waals surface area contributed by atoms with Crippen molar-refractivity contribution in [1.29, 1.82) is 0 Å². The van der Waals surface area contributed by atoms with E-state index >= 15 is 0 Å². The number of thiazole rings is 1. The molecule has 0 spiro atoms. The van der Waals surface area contributed by atoms with Crippen LogP contribution < -0.4 is 16.0 Å². The molecule has 0 atom stereocenters. The lowest BCUT2D eigenvalue weighted by molar-refractivity contribution is -0.115. The smallest absolute Gasteiger partial charge is 0.340 e. The molecule has 0 fully saturated rings. The Morgan fingerprint density at radius 3 is 2.59 bits per heavy atom. The van der Waals surface area contributed by atoms with Crippen LogP contribution in [0.3, 0.4) is 0 Å². The summed E-state index contributed by atoms with van der Waals surface area (Å²) in [7, 11) is 0. The molecule has 0 aliphatic rings. The summed E-state index contributed by atoms with van der Waals surface area (Å²) >= 11 is 1.32. The van der Waals surface area contributed by atoms with Crippen molar-refractivity contribution in [3.05, 3.63) is 48.0 Å². The van der Waals surface area contributed by atoms with Crippen LogP contribution in [0.15, 0.2) is 42.5 Å². The largest absolute Gasteiger partial charge is 0.462 e. The highest BCUT2D eigenvalue weighted by Crippen LogP contribution is 2.28. The predicted molar refractivity (Wildman–Crippen MR) is 114 cm³/mol. The molecule has 1 heterocycles. The maximum Gasteiger partial charge on any atom is 0.340 e. The number of para-hydroxylation sites is 1.